The van der Waals surface area contributed by atoms with E-state index in [-0.39, 0.29) is 22.2 Å². The number of nitrogens with zero attached hydrogens (tertiary/aromatic N) is 1. The van der Waals surface area contributed by atoms with Crippen LogP contribution in [-0.4, -0.2) is 50.0 Å². The van der Waals surface area contributed by atoms with Crippen molar-refractivity contribution in [2.75, 3.05) is 19.3 Å². The number of sulfone groups is 1. The second-order valence-electron chi connectivity index (χ2n) is 6.82. The first kappa shape index (κ1) is 17.0. The fourth-order valence-electron chi connectivity index (χ4n) is 3.59. The summed E-state index contributed by atoms with van der Waals surface area (Å²) in [6, 6.07) is 3.52. The summed E-state index contributed by atoms with van der Waals surface area (Å²) in [6.07, 6.45) is 3.15. The quantitative estimate of drug-likeness (QED) is 0.899. The Morgan fingerprint density at radius 2 is 1.96 bits per heavy atom. The van der Waals surface area contributed by atoms with Gasteiger partial charge >= 0.3 is 6.09 Å². The molecule has 1 aromatic rings. The van der Waals surface area contributed by atoms with Crippen LogP contribution in [0.5, 0.6) is 5.75 Å². The first-order valence-electron chi connectivity index (χ1n) is 7.83. The highest BCUT2D eigenvalue weighted by atomic mass is 32.2. The Labute approximate surface area is 140 Å². The molecule has 132 valence electrons. The second kappa shape index (κ2) is 5.91. The molecule has 0 radical (unpaired) electrons. The van der Waals surface area contributed by atoms with Crippen LogP contribution < -0.4 is 4.74 Å². The van der Waals surface area contributed by atoms with Crippen molar-refractivity contribution in [3.05, 3.63) is 24.0 Å². The zero-order chi connectivity index (χ0) is 17.5. The lowest BCUT2D eigenvalue weighted by Gasteiger charge is -2.52. The van der Waals surface area contributed by atoms with Crippen LogP contribution in [-0.2, 0) is 9.84 Å². The van der Waals surface area contributed by atoms with E-state index in [1.165, 1.54) is 17.0 Å². The van der Waals surface area contributed by atoms with Crippen molar-refractivity contribution in [3.63, 3.8) is 0 Å². The van der Waals surface area contributed by atoms with Crippen LogP contribution in [0.4, 0.5) is 9.18 Å². The minimum Gasteiger partial charge on any atom is -0.489 e. The average molecular weight is 357 g/mol. The number of ether oxygens (including phenoxy) is 1. The number of carboxylic acid groups (broad SMARTS) is 1. The molecule has 1 N–H and O–H groups in total. The van der Waals surface area contributed by atoms with Crippen molar-refractivity contribution in [3.8, 4) is 5.75 Å². The molecule has 24 heavy (non-hydrogen) atoms. The Morgan fingerprint density at radius 3 is 2.50 bits per heavy atom. The van der Waals surface area contributed by atoms with E-state index in [1.54, 1.807) is 0 Å². The van der Waals surface area contributed by atoms with E-state index >= 15 is 0 Å². The molecule has 1 saturated heterocycles. The van der Waals surface area contributed by atoms with Gasteiger partial charge in [0.05, 0.1) is 6.10 Å². The van der Waals surface area contributed by atoms with Crippen LogP contribution in [0.1, 0.15) is 25.7 Å². The number of halogens is 1. The highest BCUT2D eigenvalue weighted by Gasteiger charge is 2.47. The van der Waals surface area contributed by atoms with Crippen LogP contribution in [0, 0.1) is 11.2 Å². The van der Waals surface area contributed by atoms with E-state index in [0.717, 1.165) is 38.0 Å². The van der Waals surface area contributed by atoms with Crippen molar-refractivity contribution in [1.82, 2.24) is 4.90 Å². The van der Waals surface area contributed by atoms with Gasteiger partial charge < -0.3 is 14.7 Å². The molecule has 1 saturated carbocycles. The van der Waals surface area contributed by atoms with Crippen LogP contribution in [0.3, 0.4) is 0 Å². The summed E-state index contributed by atoms with van der Waals surface area (Å²) in [6.45, 7) is 1.11. The molecule has 0 unspecified atom stereocenters. The summed E-state index contributed by atoms with van der Waals surface area (Å²) in [5, 5.41) is 8.94. The van der Waals surface area contributed by atoms with E-state index in [0.29, 0.717) is 13.1 Å². The summed E-state index contributed by atoms with van der Waals surface area (Å²) >= 11 is 0. The molecule has 1 heterocycles. The van der Waals surface area contributed by atoms with Crippen LogP contribution in [0.2, 0.25) is 0 Å². The Kier molecular flexibility index (Phi) is 4.19. The third-order valence-corrected chi connectivity index (χ3v) is 6.03. The highest BCUT2D eigenvalue weighted by Crippen LogP contribution is 2.44. The van der Waals surface area contributed by atoms with E-state index in [4.69, 9.17) is 9.84 Å². The fraction of sp³-hybridized carbons (Fsp3) is 0.562. The maximum absolute atomic E-state index is 13.3. The van der Waals surface area contributed by atoms with Gasteiger partial charge in [-0.25, -0.2) is 17.6 Å². The Hall–Kier alpha value is -1.83. The summed E-state index contributed by atoms with van der Waals surface area (Å²) in [5.74, 6) is -0.436. The van der Waals surface area contributed by atoms with Gasteiger partial charge in [0, 0.05) is 24.8 Å². The normalized spacial score (nSPS) is 20.7. The molecule has 3 rings (SSSR count). The van der Waals surface area contributed by atoms with E-state index < -0.39 is 21.7 Å². The molecule has 1 aromatic carbocycles. The largest absolute Gasteiger partial charge is 0.489 e. The zero-order valence-corrected chi connectivity index (χ0v) is 14.2. The number of amides is 1. The summed E-state index contributed by atoms with van der Waals surface area (Å²) < 4.78 is 42.8. The molecule has 0 bridgehead atoms. The van der Waals surface area contributed by atoms with Crippen LogP contribution in [0.25, 0.3) is 0 Å². The molecular weight excluding hydrogens is 337 g/mol. The molecule has 6 nitrogen and oxygen atoms in total. The van der Waals surface area contributed by atoms with Gasteiger partial charge in [0.1, 0.15) is 16.5 Å². The highest BCUT2D eigenvalue weighted by molar-refractivity contribution is 7.90. The standard InChI is InChI=1S/C16H20FNO5S/c1-24(21,22)14-8-11(17)2-3-13(14)23-12-4-6-16(7-5-12)9-18(10-16)15(19)20/h2-3,8,12H,4-7,9-10H2,1H3,(H,19,20). The SMILES string of the molecule is CS(=O)(=O)c1cc(F)ccc1OC1CCC2(CC1)CN(C(=O)O)C2. The lowest BCUT2D eigenvalue weighted by molar-refractivity contribution is -0.0372. The lowest BCUT2D eigenvalue weighted by Crippen LogP contribution is -2.59. The van der Waals surface area contributed by atoms with Gasteiger partial charge in [-0.2, -0.15) is 0 Å². The maximum Gasteiger partial charge on any atom is 0.407 e. The van der Waals surface area contributed by atoms with Gasteiger partial charge in [0.15, 0.2) is 9.84 Å². The number of benzene rings is 1. The van der Waals surface area contributed by atoms with Gasteiger partial charge in [-0.1, -0.05) is 0 Å². The minimum atomic E-state index is -3.58. The van der Waals surface area contributed by atoms with Gasteiger partial charge in [-0.3, -0.25) is 0 Å². The molecule has 2 aliphatic rings. The van der Waals surface area contributed by atoms with Crippen LogP contribution >= 0.6 is 0 Å². The van der Waals surface area contributed by atoms with Crippen molar-refractivity contribution in [2.45, 2.75) is 36.7 Å². The van der Waals surface area contributed by atoms with Gasteiger partial charge in [0.25, 0.3) is 0 Å². The van der Waals surface area contributed by atoms with Crippen molar-refractivity contribution in [1.29, 1.82) is 0 Å². The van der Waals surface area contributed by atoms with E-state index in [2.05, 4.69) is 0 Å². The Bertz CT molecular complexity index is 748. The minimum absolute atomic E-state index is 0.0424. The van der Waals surface area contributed by atoms with Crippen molar-refractivity contribution >= 4 is 15.9 Å². The molecule has 1 aliphatic heterocycles. The maximum atomic E-state index is 13.3. The number of rotatable bonds is 3. The van der Waals surface area contributed by atoms with Gasteiger partial charge in [-0.05, 0) is 43.9 Å². The average Bonchev–Trinajstić information content (AvgIpc) is 2.46. The smallest absolute Gasteiger partial charge is 0.407 e. The molecule has 8 heteroatoms. The molecule has 1 spiro atoms. The molecule has 0 aromatic heterocycles. The second-order valence-corrected chi connectivity index (χ2v) is 8.80. The van der Waals surface area contributed by atoms with E-state index in [9.17, 15) is 17.6 Å². The Morgan fingerprint density at radius 1 is 1.33 bits per heavy atom. The van der Waals surface area contributed by atoms with Gasteiger partial charge in [0.2, 0.25) is 0 Å². The third-order valence-electron chi connectivity index (χ3n) is 4.92. The number of likely N-dealkylation sites (tertiary alicyclic amines) is 1. The topological polar surface area (TPSA) is 83.9 Å². The number of carbonyl (C=O) groups is 1. The first-order valence-corrected chi connectivity index (χ1v) is 9.72. The first-order chi connectivity index (χ1) is 11.2. The zero-order valence-electron chi connectivity index (χ0n) is 13.4. The number of hydrogen-bond acceptors (Lipinski definition) is 4. The molecule has 2 fully saturated rings. The molecule has 1 aliphatic carbocycles. The summed E-state index contributed by atoms with van der Waals surface area (Å²) in [4.78, 5) is 12.2. The molecule has 1 amide bonds. The van der Waals surface area contributed by atoms with Crippen molar-refractivity contribution < 1.29 is 27.4 Å². The lowest BCUT2D eigenvalue weighted by atomic mass is 9.68. The summed E-state index contributed by atoms with van der Waals surface area (Å²) in [7, 11) is -3.58. The van der Waals surface area contributed by atoms with E-state index in [1.807, 2.05) is 0 Å². The molecular formula is C16H20FNO5S. The van der Waals surface area contributed by atoms with Crippen molar-refractivity contribution in [2.24, 2.45) is 5.41 Å². The number of hydrogen-bond donors (Lipinski definition) is 1. The third kappa shape index (κ3) is 3.33. The predicted octanol–water partition coefficient (Wildman–Crippen LogP) is 2.53. The summed E-state index contributed by atoms with van der Waals surface area (Å²) in [5.41, 5.74) is 0.0424. The van der Waals surface area contributed by atoms with Crippen LogP contribution in [0.15, 0.2) is 23.1 Å². The predicted molar refractivity (Wildman–Crippen MR) is 84.4 cm³/mol. The monoisotopic (exact) mass is 357 g/mol. The molecule has 0 atom stereocenters. The fourth-order valence-corrected chi connectivity index (χ4v) is 4.39. The van der Waals surface area contributed by atoms with Gasteiger partial charge in [-0.15, -0.1) is 0 Å². The Balaban J connectivity index is 1.64.